The fourth-order valence-corrected chi connectivity index (χ4v) is 2.75. The van der Waals surface area contributed by atoms with Crippen molar-refractivity contribution in [3.63, 3.8) is 0 Å². The molecular weight excluding hydrogens is 313 g/mol. The van der Waals surface area contributed by atoms with Crippen molar-refractivity contribution in [3.8, 4) is 0 Å². The Bertz CT molecular complexity index is 467. The third-order valence-corrected chi connectivity index (χ3v) is 4.10. The van der Waals surface area contributed by atoms with Crippen molar-refractivity contribution in [1.82, 2.24) is 5.32 Å². The van der Waals surface area contributed by atoms with Crippen molar-refractivity contribution < 1.29 is 14.3 Å². The molecule has 2 atom stereocenters. The maximum atomic E-state index is 13.8. The zero-order valence-corrected chi connectivity index (χ0v) is 12.1. The molecule has 1 aliphatic carbocycles. The Kier molecular flexibility index (Phi) is 4.93. The molecule has 104 valence electrons. The smallest absolute Gasteiger partial charge is 0.254 e. The van der Waals surface area contributed by atoms with E-state index >= 15 is 0 Å². The van der Waals surface area contributed by atoms with Crippen molar-refractivity contribution in [2.45, 2.75) is 44.2 Å². The van der Waals surface area contributed by atoms with E-state index in [2.05, 4.69) is 21.2 Å². The zero-order valence-electron chi connectivity index (χ0n) is 10.5. The molecule has 3 nitrogen and oxygen atoms in total. The van der Waals surface area contributed by atoms with Crippen LogP contribution in [0.5, 0.6) is 0 Å². The van der Waals surface area contributed by atoms with Crippen LogP contribution in [-0.4, -0.2) is 23.2 Å². The Morgan fingerprint density at radius 2 is 2.05 bits per heavy atom. The van der Waals surface area contributed by atoms with Gasteiger partial charge in [0.05, 0.1) is 22.2 Å². The minimum atomic E-state index is -0.567. The Morgan fingerprint density at radius 3 is 2.84 bits per heavy atom. The first-order valence-corrected chi connectivity index (χ1v) is 7.32. The Hall–Kier alpha value is -0.940. The average molecular weight is 330 g/mol. The first-order chi connectivity index (χ1) is 9.09. The van der Waals surface area contributed by atoms with Gasteiger partial charge in [0.15, 0.2) is 0 Å². The monoisotopic (exact) mass is 329 g/mol. The van der Waals surface area contributed by atoms with Gasteiger partial charge in [-0.3, -0.25) is 4.79 Å². The molecule has 1 fully saturated rings. The zero-order chi connectivity index (χ0) is 13.8. The van der Waals surface area contributed by atoms with Crippen LogP contribution in [-0.2, 0) is 0 Å². The third-order valence-electron chi connectivity index (χ3n) is 3.49. The molecule has 2 unspecified atom stereocenters. The van der Waals surface area contributed by atoms with Gasteiger partial charge in [0, 0.05) is 0 Å². The second-order valence-electron chi connectivity index (χ2n) is 4.89. The quantitative estimate of drug-likeness (QED) is 0.819. The number of benzene rings is 1. The molecule has 0 saturated heterocycles. The molecule has 19 heavy (non-hydrogen) atoms. The Labute approximate surface area is 120 Å². The predicted molar refractivity (Wildman–Crippen MR) is 74.4 cm³/mol. The molecule has 2 N–H and O–H groups in total. The first-order valence-electron chi connectivity index (χ1n) is 6.52. The number of nitrogens with one attached hydrogen (secondary N) is 1. The third kappa shape index (κ3) is 3.54. The van der Waals surface area contributed by atoms with E-state index in [1.54, 1.807) is 12.1 Å². The fraction of sp³-hybridized carbons (Fsp3) is 0.500. The second kappa shape index (κ2) is 6.48. The molecule has 0 radical (unpaired) electrons. The van der Waals surface area contributed by atoms with Crippen LogP contribution in [0.1, 0.15) is 42.5 Å². The van der Waals surface area contributed by atoms with Crippen molar-refractivity contribution >= 4 is 21.8 Å². The van der Waals surface area contributed by atoms with Crippen LogP contribution in [0.2, 0.25) is 0 Å². The molecule has 0 heterocycles. The summed E-state index contributed by atoms with van der Waals surface area (Å²) in [6.45, 7) is 0. The lowest BCUT2D eigenvalue weighted by molar-refractivity contribution is 0.0815. The van der Waals surface area contributed by atoms with E-state index in [4.69, 9.17) is 0 Å². The van der Waals surface area contributed by atoms with Gasteiger partial charge in [0.25, 0.3) is 5.91 Å². The number of halogens is 2. The standard InChI is InChI=1S/C14H17BrFNO2/c15-10-6-4-5-9(13(10)16)14(19)17-11-7-2-1-3-8-12(11)18/h4-6,11-12,18H,1-3,7-8H2,(H,17,19). The Morgan fingerprint density at radius 1 is 1.32 bits per heavy atom. The number of aliphatic hydroxyl groups excluding tert-OH is 1. The van der Waals surface area contributed by atoms with Crippen molar-refractivity contribution in [3.05, 3.63) is 34.1 Å². The molecule has 0 aliphatic heterocycles. The van der Waals surface area contributed by atoms with Gasteiger partial charge in [-0.25, -0.2) is 4.39 Å². The molecule has 1 aromatic carbocycles. The van der Waals surface area contributed by atoms with Gasteiger partial charge >= 0.3 is 0 Å². The van der Waals surface area contributed by atoms with E-state index in [-0.39, 0.29) is 16.1 Å². The van der Waals surface area contributed by atoms with Gasteiger partial charge in [-0.15, -0.1) is 0 Å². The van der Waals surface area contributed by atoms with Gasteiger partial charge in [-0.2, -0.15) is 0 Å². The minimum absolute atomic E-state index is 0.00539. The number of carbonyl (C=O) groups excluding carboxylic acids is 1. The summed E-state index contributed by atoms with van der Waals surface area (Å²) >= 11 is 3.06. The van der Waals surface area contributed by atoms with E-state index in [1.807, 2.05) is 0 Å². The van der Waals surface area contributed by atoms with Gasteiger partial charge in [0.1, 0.15) is 5.82 Å². The topological polar surface area (TPSA) is 49.3 Å². The molecular formula is C14H17BrFNO2. The highest BCUT2D eigenvalue weighted by Crippen LogP contribution is 2.21. The van der Waals surface area contributed by atoms with Crippen LogP contribution in [0.4, 0.5) is 4.39 Å². The molecule has 5 heteroatoms. The van der Waals surface area contributed by atoms with Crippen molar-refractivity contribution in [1.29, 1.82) is 0 Å². The largest absolute Gasteiger partial charge is 0.391 e. The van der Waals surface area contributed by atoms with E-state index in [0.717, 1.165) is 25.7 Å². The summed E-state index contributed by atoms with van der Waals surface area (Å²) in [6.07, 6.45) is 3.90. The lowest BCUT2D eigenvalue weighted by Crippen LogP contribution is -2.42. The number of amides is 1. The molecule has 0 bridgehead atoms. The van der Waals surface area contributed by atoms with E-state index in [0.29, 0.717) is 6.42 Å². The van der Waals surface area contributed by atoms with Gasteiger partial charge < -0.3 is 10.4 Å². The molecule has 0 spiro atoms. The molecule has 2 rings (SSSR count). The van der Waals surface area contributed by atoms with Gasteiger partial charge in [0.2, 0.25) is 0 Å². The molecule has 1 aliphatic rings. The van der Waals surface area contributed by atoms with E-state index in [9.17, 15) is 14.3 Å². The maximum Gasteiger partial charge on any atom is 0.254 e. The summed E-state index contributed by atoms with van der Waals surface area (Å²) < 4.78 is 14.1. The number of aliphatic hydroxyl groups is 1. The highest BCUT2D eigenvalue weighted by Gasteiger charge is 2.24. The summed E-state index contributed by atoms with van der Waals surface area (Å²) in [4.78, 5) is 12.1. The predicted octanol–water partition coefficient (Wildman–Crippen LogP) is 3.01. The van der Waals surface area contributed by atoms with E-state index < -0.39 is 17.8 Å². The molecule has 1 saturated carbocycles. The average Bonchev–Trinajstić information content (AvgIpc) is 2.58. The van der Waals surface area contributed by atoms with Crippen molar-refractivity contribution in [2.24, 2.45) is 0 Å². The summed E-state index contributed by atoms with van der Waals surface area (Å²) in [5, 5.41) is 12.7. The highest BCUT2D eigenvalue weighted by molar-refractivity contribution is 9.10. The summed E-state index contributed by atoms with van der Waals surface area (Å²) in [7, 11) is 0. The molecule has 0 aromatic heterocycles. The summed E-state index contributed by atoms with van der Waals surface area (Å²) in [6, 6.07) is 4.32. The second-order valence-corrected chi connectivity index (χ2v) is 5.74. The van der Waals surface area contributed by atoms with E-state index in [1.165, 1.54) is 6.07 Å². The number of rotatable bonds is 2. The molecule has 1 amide bonds. The highest BCUT2D eigenvalue weighted by atomic mass is 79.9. The summed E-state index contributed by atoms with van der Waals surface area (Å²) in [5.41, 5.74) is 0.00539. The minimum Gasteiger partial charge on any atom is -0.391 e. The number of hydrogen-bond donors (Lipinski definition) is 2. The number of carbonyl (C=O) groups is 1. The van der Waals surface area contributed by atoms with Crippen LogP contribution in [0.25, 0.3) is 0 Å². The fourth-order valence-electron chi connectivity index (χ4n) is 2.38. The van der Waals surface area contributed by atoms with Crippen LogP contribution in [0.3, 0.4) is 0 Å². The Balaban J connectivity index is 2.09. The SMILES string of the molecule is O=C(NC1CCCCCC1O)c1cccc(Br)c1F. The summed E-state index contributed by atoms with van der Waals surface area (Å²) in [5.74, 6) is -1.03. The van der Waals surface area contributed by atoms with Crippen LogP contribution < -0.4 is 5.32 Å². The normalized spacial score (nSPS) is 23.7. The maximum absolute atomic E-state index is 13.8. The lowest BCUT2D eigenvalue weighted by atomic mass is 10.1. The number of hydrogen-bond acceptors (Lipinski definition) is 2. The first kappa shape index (κ1) is 14.5. The molecule has 1 aromatic rings. The van der Waals surface area contributed by atoms with Crippen LogP contribution >= 0.6 is 15.9 Å². The van der Waals surface area contributed by atoms with Gasteiger partial charge in [-0.1, -0.05) is 25.3 Å². The lowest BCUT2D eigenvalue weighted by Gasteiger charge is -2.21. The van der Waals surface area contributed by atoms with Crippen LogP contribution in [0, 0.1) is 5.82 Å². The van der Waals surface area contributed by atoms with Crippen LogP contribution in [0.15, 0.2) is 22.7 Å². The van der Waals surface area contributed by atoms with Crippen molar-refractivity contribution in [2.75, 3.05) is 0 Å². The van der Waals surface area contributed by atoms with Gasteiger partial charge in [-0.05, 0) is 40.9 Å².